The highest BCUT2D eigenvalue weighted by Gasteiger charge is 2.28. The minimum absolute atomic E-state index is 0.0798. The molecule has 0 radical (unpaired) electrons. The van der Waals surface area contributed by atoms with Gasteiger partial charge < -0.3 is 9.47 Å². The van der Waals surface area contributed by atoms with Crippen LogP contribution in [-0.2, 0) is 10.0 Å². The molecule has 2 aromatic rings. The van der Waals surface area contributed by atoms with Crippen LogP contribution >= 0.6 is 0 Å². The molecule has 1 fully saturated rings. The van der Waals surface area contributed by atoms with Gasteiger partial charge in [-0.15, -0.1) is 0 Å². The number of sulfonamides is 1. The van der Waals surface area contributed by atoms with Gasteiger partial charge >= 0.3 is 0 Å². The fraction of sp³-hybridized carbons (Fsp3) is 0.455. The van der Waals surface area contributed by atoms with E-state index in [1.165, 1.54) is 0 Å². The van der Waals surface area contributed by atoms with E-state index in [9.17, 15) is 8.42 Å². The molecule has 0 amide bonds. The van der Waals surface area contributed by atoms with E-state index in [-0.39, 0.29) is 17.5 Å². The molecule has 0 saturated carbocycles. The molecule has 0 bridgehead atoms. The third kappa shape index (κ3) is 4.74. The van der Waals surface area contributed by atoms with Gasteiger partial charge in [-0.1, -0.05) is 18.2 Å². The Balaban J connectivity index is 1.87. The number of hydrogen-bond donors (Lipinski definition) is 1. The van der Waals surface area contributed by atoms with Gasteiger partial charge in [-0.25, -0.2) is 13.1 Å². The molecule has 1 unspecified atom stereocenters. The van der Waals surface area contributed by atoms with Crippen molar-refractivity contribution in [2.45, 2.75) is 37.6 Å². The molecule has 1 heterocycles. The summed E-state index contributed by atoms with van der Waals surface area (Å²) in [4.78, 5) is 2.58. The molecule has 29 heavy (non-hydrogen) atoms. The van der Waals surface area contributed by atoms with Crippen molar-refractivity contribution in [1.82, 2.24) is 9.62 Å². The van der Waals surface area contributed by atoms with E-state index >= 15 is 0 Å². The summed E-state index contributed by atoms with van der Waals surface area (Å²) in [5.74, 6) is 1.49. The molecule has 6 nitrogen and oxygen atoms in total. The smallest absolute Gasteiger partial charge is 0.240 e. The Morgan fingerprint density at radius 2 is 1.66 bits per heavy atom. The summed E-state index contributed by atoms with van der Waals surface area (Å²) in [5, 5.41) is 0. The van der Waals surface area contributed by atoms with E-state index in [2.05, 4.69) is 9.62 Å². The van der Waals surface area contributed by atoms with Gasteiger partial charge in [0.1, 0.15) is 11.5 Å². The molecule has 1 atom stereocenters. The van der Waals surface area contributed by atoms with Crippen molar-refractivity contribution in [3.8, 4) is 11.5 Å². The minimum Gasteiger partial charge on any atom is -0.496 e. The van der Waals surface area contributed by atoms with Crippen LogP contribution in [0.1, 0.15) is 35.6 Å². The lowest BCUT2D eigenvalue weighted by atomic mass is 10.0. The highest BCUT2D eigenvalue weighted by Crippen LogP contribution is 2.32. The first-order chi connectivity index (χ1) is 13.9. The molecule has 1 aliphatic heterocycles. The predicted molar refractivity (Wildman–Crippen MR) is 114 cm³/mol. The predicted octanol–water partition coefficient (Wildman–Crippen LogP) is 3.44. The van der Waals surface area contributed by atoms with E-state index in [1.54, 1.807) is 26.4 Å². The molecule has 0 aromatic heterocycles. The monoisotopic (exact) mass is 418 g/mol. The molecule has 1 saturated heterocycles. The third-order valence-electron chi connectivity index (χ3n) is 5.49. The maximum Gasteiger partial charge on any atom is 0.240 e. The summed E-state index contributed by atoms with van der Waals surface area (Å²) in [6, 6.07) is 11.1. The standard InChI is InChI=1S/C22H30N2O4S/c1-16-13-18(14-17(2)22(16)28-4)29(25,26)23-15-20(24-11-7-8-12-24)19-9-5-6-10-21(19)27-3/h5-6,9-10,13-14,20,23H,7-8,11-12,15H2,1-4H3. The number of para-hydroxylation sites is 1. The van der Waals surface area contributed by atoms with Crippen molar-refractivity contribution in [2.75, 3.05) is 33.9 Å². The number of aryl methyl sites for hydroxylation is 2. The second kappa shape index (κ2) is 9.15. The molecule has 1 aliphatic rings. The SMILES string of the molecule is COc1ccccc1C(CNS(=O)(=O)c1cc(C)c(OC)c(C)c1)N1CCCC1. The van der Waals surface area contributed by atoms with Gasteiger partial charge in [0.25, 0.3) is 0 Å². The van der Waals surface area contributed by atoms with Crippen LogP contribution < -0.4 is 14.2 Å². The molecule has 2 aromatic carbocycles. The maximum atomic E-state index is 13.0. The second-order valence-corrected chi connectivity index (χ2v) is 9.21. The molecule has 0 spiro atoms. The van der Waals surface area contributed by atoms with Crippen molar-refractivity contribution in [3.05, 3.63) is 53.1 Å². The van der Waals surface area contributed by atoms with Crippen LogP contribution in [0.5, 0.6) is 11.5 Å². The Kier molecular flexibility index (Phi) is 6.82. The van der Waals surface area contributed by atoms with Gasteiger partial charge in [0, 0.05) is 12.1 Å². The van der Waals surface area contributed by atoms with Crippen molar-refractivity contribution in [3.63, 3.8) is 0 Å². The summed E-state index contributed by atoms with van der Waals surface area (Å²) in [6.07, 6.45) is 2.24. The Bertz CT molecular complexity index is 930. The van der Waals surface area contributed by atoms with Crippen molar-refractivity contribution >= 4 is 10.0 Å². The summed E-state index contributed by atoms with van der Waals surface area (Å²) in [6.45, 7) is 5.89. The molecule has 0 aliphatic carbocycles. The molecule has 158 valence electrons. The fourth-order valence-electron chi connectivity index (χ4n) is 4.09. The van der Waals surface area contributed by atoms with Gasteiger partial charge in [0.05, 0.1) is 25.2 Å². The molecular formula is C22H30N2O4S. The first-order valence-corrected chi connectivity index (χ1v) is 11.4. The summed E-state index contributed by atoms with van der Waals surface area (Å²) < 4.78 is 39.8. The Morgan fingerprint density at radius 1 is 1.03 bits per heavy atom. The zero-order valence-corrected chi connectivity index (χ0v) is 18.4. The van der Waals surface area contributed by atoms with Crippen molar-refractivity contribution < 1.29 is 17.9 Å². The molecule has 1 N–H and O–H groups in total. The average Bonchev–Trinajstić information content (AvgIpc) is 3.22. The normalized spacial score (nSPS) is 16.0. The highest BCUT2D eigenvalue weighted by molar-refractivity contribution is 7.89. The van der Waals surface area contributed by atoms with E-state index < -0.39 is 10.0 Å². The number of nitrogens with zero attached hydrogens (tertiary/aromatic N) is 1. The van der Waals surface area contributed by atoms with Crippen LogP contribution in [0, 0.1) is 13.8 Å². The van der Waals surface area contributed by atoms with E-state index in [0.29, 0.717) is 5.75 Å². The Labute approximate surface area is 173 Å². The number of benzene rings is 2. The van der Waals surface area contributed by atoms with Gasteiger partial charge in [0.15, 0.2) is 0 Å². The van der Waals surface area contributed by atoms with Crippen molar-refractivity contribution in [2.24, 2.45) is 0 Å². The Hall–Kier alpha value is -2.09. The van der Waals surface area contributed by atoms with Crippen LogP contribution in [0.3, 0.4) is 0 Å². The Morgan fingerprint density at radius 3 is 2.24 bits per heavy atom. The van der Waals surface area contributed by atoms with Gasteiger partial charge in [0.2, 0.25) is 10.0 Å². The number of nitrogens with one attached hydrogen (secondary N) is 1. The van der Waals surface area contributed by atoms with E-state index in [4.69, 9.17) is 9.47 Å². The van der Waals surface area contributed by atoms with Crippen molar-refractivity contribution in [1.29, 1.82) is 0 Å². The quantitative estimate of drug-likeness (QED) is 0.711. The van der Waals surface area contributed by atoms with E-state index in [0.717, 1.165) is 48.4 Å². The van der Waals surface area contributed by atoms with Crippen LogP contribution in [0.15, 0.2) is 41.3 Å². The lowest BCUT2D eigenvalue weighted by molar-refractivity contribution is 0.240. The number of ether oxygens (including phenoxy) is 2. The second-order valence-electron chi connectivity index (χ2n) is 7.44. The lowest BCUT2D eigenvalue weighted by Gasteiger charge is -2.29. The van der Waals surface area contributed by atoms with Gasteiger partial charge in [-0.05, 0) is 69.1 Å². The summed E-state index contributed by atoms with van der Waals surface area (Å²) in [5.41, 5.74) is 2.60. The lowest BCUT2D eigenvalue weighted by Crippen LogP contribution is -2.37. The summed E-state index contributed by atoms with van der Waals surface area (Å²) in [7, 11) is -0.417. The fourth-order valence-corrected chi connectivity index (χ4v) is 5.30. The number of hydrogen-bond acceptors (Lipinski definition) is 5. The molecule has 3 rings (SSSR count). The minimum atomic E-state index is -3.66. The van der Waals surface area contributed by atoms with Crippen LogP contribution in [0.4, 0.5) is 0 Å². The molecular weight excluding hydrogens is 388 g/mol. The number of rotatable bonds is 8. The maximum absolute atomic E-state index is 13.0. The zero-order chi connectivity index (χ0) is 21.0. The van der Waals surface area contributed by atoms with Gasteiger partial charge in [-0.3, -0.25) is 4.90 Å². The first kappa shape index (κ1) is 21.6. The molecule has 7 heteroatoms. The average molecular weight is 419 g/mol. The number of methoxy groups -OCH3 is 2. The largest absolute Gasteiger partial charge is 0.496 e. The first-order valence-electron chi connectivity index (χ1n) is 9.89. The topological polar surface area (TPSA) is 67.9 Å². The van der Waals surface area contributed by atoms with Crippen LogP contribution in [0.2, 0.25) is 0 Å². The van der Waals surface area contributed by atoms with Crippen LogP contribution in [-0.4, -0.2) is 47.2 Å². The zero-order valence-electron chi connectivity index (χ0n) is 17.6. The van der Waals surface area contributed by atoms with Gasteiger partial charge in [-0.2, -0.15) is 0 Å². The summed E-state index contributed by atoms with van der Waals surface area (Å²) >= 11 is 0. The third-order valence-corrected chi connectivity index (χ3v) is 6.90. The highest BCUT2D eigenvalue weighted by atomic mass is 32.2. The van der Waals surface area contributed by atoms with E-state index in [1.807, 2.05) is 38.1 Å². The number of likely N-dealkylation sites (tertiary alicyclic amines) is 1. The van der Waals surface area contributed by atoms with Crippen LogP contribution in [0.25, 0.3) is 0 Å².